The Bertz CT molecular complexity index is 1020. The molecule has 0 fully saturated rings. The van der Waals surface area contributed by atoms with Gasteiger partial charge in [0.05, 0.1) is 25.2 Å². The second-order valence-electron chi connectivity index (χ2n) is 8.43. The van der Waals surface area contributed by atoms with Gasteiger partial charge in [0.15, 0.2) is 5.96 Å². The van der Waals surface area contributed by atoms with E-state index >= 15 is 0 Å². The van der Waals surface area contributed by atoms with E-state index in [1.165, 1.54) is 0 Å². The van der Waals surface area contributed by atoms with Crippen molar-refractivity contribution in [3.63, 3.8) is 0 Å². The molecule has 9 N–H and O–H groups in total. The zero-order valence-electron chi connectivity index (χ0n) is 20.4. The average Bonchev–Trinajstić information content (AvgIpc) is 2.90. The maximum atomic E-state index is 13.0. The van der Waals surface area contributed by atoms with Crippen LogP contribution in [0.25, 0.3) is 0 Å². The first-order valence-corrected chi connectivity index (χ1v) is 12.4. The number of benzene rings is 1. The number of nitrogens with zero attached hydrogens (tertiary/aromatic N) is 2. The molecule has 14 heteroatoms. The van der Waals surface area contributed by atoms with Crippen molar-refractivity contribution in [2.45, 2.75) is 43.9 Å². The van der Waals surface area contributed by atoms with Crippen molar-refractivity contribution in [1.82, 2.24) is 20.9 Å². The van der Waals surface area contributed by atoms with Crippen molar-refractivity contribution < 1.29 is 24.0 Å². The summed E-state index contributed by atoms with van der Waals surface area (Å²) in [5, 5.41) is 7.95. The Hall–Kier alpha value is -3.49. The summed E-state index contributed by atoms with van der Waals surface area (Å²) < 4.78 is 0. The molecule has 1 aromatic rings. The number of rotatable bonds is 13. The van der Waals surface area contributed by atoms with E-state index in [-0.39, 0.29) is 18.1 Å². The molecule has 4 amide bonds. The van der Waals surface area contributed by atoms with Crippen molar-refractivity contribution in [2.24, 2.45) is 22.2 Å². The third-order valence-corrected chi connectivity index (χ3v) is 6.10. The number of nitrogens with two attached hydrogens (primary N) is 3. The molecule has 202 valence electrons. The van der Waals surface area contributed by atoms with E-state index in [2.05, 4.69) is 33.6 Å². The first-order valence-electron chi connectivity index (χ1n) is 11.8. The minimum absolute atomic E-state index is 0.0606. The van der Waals surface area contributed by atoms with E-state index < -0.39 is 54.8 Å². The summed E-state index contributed by atoms with van der Waals surface area (Å²) in [4.78, 5) is 66.4. The second kappa shape index (κ2) is 14.9. The number of amides is 4. The zero-order chi connectivity index (χ0) is 27.4. The number of thiol groups is 1. The normalized spacial score (nSPS) is 15.9. The van der Waals surface area contributed by atoms with Gasteiger partial charge in [0, 0.05) is 18.8 Å². The van der Waals surface area contributed by atoms with Crippen LogP contribution in [0.3, 0.4) is 0 Å². The fourth-order valence-corrected chi connectivity index (χ4v) is 3.97. The number of guanidine groups is 1. The maximum absolute atomic E-state index is 13.0. The summed E-state index contributed by atoms with van der Waals surface area (Å²) in [5.74, 6) is -2.71. The number of imide groups is 1. The van der Waals surface area contributed by atoms with E-state index in [1.807, 2.05) is 24.3 Å². The molecule has 1 aromatic carbocycles. The van der Waals surface area contributed by atoms with Crippen LogP contribution in [-0.4, -0.2) is 84.3 Å². The Balaban J connectivity index is 1.89. The predicted molar refractivity (Wildman–Crippen MR) is 140 cm³/mol. The highest BCUT2D eigenvalue weighted by Crippen LogP contribution is 2.17. The molecule has 37 heavy (non-hydrogen) atoms. The fraction of sp³-hybridized carbons (Fsp3) is 0.478. The molecule has 2 rings (SSSR count). The molecule has 0 bridgehead atoms. The number of aliphatic imine (C=N–C) groups is 1. The first-order chi connectivity index (χ1) is 17.7. The van der Waals surface area contributed by atoms with Crippen molar-refractivity contribution in [1.29, 1.82) is 0 Å². The van der Waals surface area contributed by atoms with Crippen LogP contribution in [-0.2, 0) is 36.9 Å². The van der Waals surface area contributed by atoms with Crippen LogP contribution in [0.1, 0.15) is 24.0 Å². The van der Waals surface area contributed by atoms with E-state index in [4.69, 9.17) is 17.2 Å². The highest BCUT2D eigenvalue weighted by atomic mass is 32.1. The van der Waals surface area contributed by atoms with Gasteiger partial charge in [-0.25, -0.2) is 0 Å². The number of carbonyl (C=O) groups excluding carboxylic acids is 5. The summed E-state index contributed by atoms with van der Waals surface area (Å²) in [5.41, 5.74) is 18.4. The lowest BCUT2D eigenvalue weighted by Crippen LogP contribution is -2.56. The number of nitrogens with one attached hydrogen (secondary N) is 3. The molecule has 13 nitrogen and oxygen atoms in total. The van der Waals surface area contributed by atoms with Gasteiger partial charge in [-0.2, -0.15) is 12.6 Å². The Morgan fingerprint density at radius 3 is 2.54 bits per heavy atom. The largest absolute Gasteiger partial charge is 0.370 e. The van der Waals surface area contributed by atoms with Gasteiger partial charge in [-0.1, -0.05) is 24.3 Å². The molecule has 0 spiro atoms. The number of aldehydes is 1. The second-order valence-corrected chi connectivity index (χ2v) is 8.80. The Morgan fingerprint density at radius 1 is 1.19 bits per heavy atom. The van der Waals surface area contributed by atoms with E-state index in [0.717, 1.165) is 16.0 Å². The predicted octanol–water partition coefficient (Wildman–Crippen LogP) is -2.83. The monoisotopic (exact) mass is 534 g/mol. The van der Waals surface area contributed by atoms with Crippen molar-refractivity contribution in [2.75, 3.05) is 25.4 Å². The third-order valence-electron chi connectivity index (χ3n) is 5.74. The summed E-state index contributed by atoms with van der Waals surface area (Å²) in [6.07, 6.45) is 1.55. The van der Waals surface area contributed by atoms with Crippen molar-refractivity contribution in [3.05, 3.63) is 35.4 Å². The minimum atomic E-state index is -1.07. The van der Waals surface area contributed by atoms with E-state index in [1.54, 1.807) is 0 Å². The molecule has 0 saturated heterocycles. The summed E-state index contributed by atoms with van der Waals surface area (Å²) in [6.45, 7) is -0.242. The molecule has 1 unspecified atom stereocenters. The van der Waals surface area contributed by atoms with Crippen LogP contribution in [0.5, 0.6) is 0 Å². The first kappa shape index (κ1) is 29.7. The summed E-state index contributed by atoms with van der Waals surface area (Å²) >= 11 is 4.08. The Kier molecular flexibility index (Phi) is 12.0. The van der Waals surface area contributed by atoms with Crippen molar-refractivity contribution >= 4 is 48.5 Å². The lowest BCUT2D eigenvalue weighted by atomic mass is 9.95. The third kappa shape index (κ3) is 9.15. The topological polar surface area (TPSA) is 215 Å². The minimum Gasteiger partial charge on any atom is -0.370 e. The molecular formula is C23H34N8O5S. The highest BCUT2D eigenvalue weighted by molar-refractivity contribution is 7.80. The van der Waals surface area contributed by atoms with Gasteiger partial charge in [0.1, 0.15) is 12.3 Å². The van der Waals surface area contributed by atoms with Gasteiger partial charge in [-0.15, -0.1) is 0 Å². The quantitative estimate of drug-likeness (QED) is 0.0455. The zero-order valence-corrected chi connectivity index (χ0v) is 21.3. The van der Waals surface area contributed by atoms with Gasteiger partial charge >= 0.3 is 0 Å². The van der Waals surface area contributed by atoms with E-state index in [0.29, 0.717) is 32.2 Å². The molecule has 0 saturated carbocycles. The average molecular weight is 535 g/mol. The molecular weight excluding hydrogens is 500 g/mol. The fourth-order valence-electron chi connectivity index (χ4n) is 3.71. The number of hydrogen-bond donors (Lipinski definition) is 7. The molecule has 3 atom stereocenters. The van der Waals surface area contributed by atoms with Crippen LogP contribution in [0.15, 0.2) is 29.3 Å². The molecule has 0 aromatic heterocycles. The lowest BCUT2D eigenvalue weighted by molar-refractivity contribution is -0.147. The van der Waals surface area contributed by atoms with Crippen LogP contribution in [0, 0.1) is 0 Å². The summed E-state index contributed by atoms with van der Waals surface area (Å²) in [7, 11) is 0. The Labute approximate surface area is 220 Å². The van der Waals surface area contributed by atoms with Gasteiger partial charge in [0.2, 0.25) is 23.6 Å². The van der Waals surface area contributed by atoms with Gasteiger partial charge in [0.25, 0.3) is 0 Å². The Morgan fingerprint density at radius 2 is 1.89 bits per heavy atom. The van der Waals surface area contributed by atoms with Gasteiger partial charge in [-0.05, 0) is 30.4 Å². The van der Waals surface area contributed by atoms with Crippen LogP contribution in [0.2, 0.25) is 0 Å². The van der Waals surface area contributed by atoms with Crippen LogP contribution < -0.4 is 33.2 Å². The molecule has 0 radical (unpaired) electrons. The summed E-state index contributed by atoms with van der Waals surface area (Å²) in [6, 6.07) is 4.96. The van der Waals surface area contributed by atoms with E-state index in [9.17, 15) is 24.0 Å². The molecule has 1 aliphatic heterocycles. The van der Waals surface area contributed by atoms with Crippen LogP contribution >= 0.6 is 12.6 Å². The standard InChI is InChI=1S/C23H34N8O5S/c24-16(6-3-7-27-23(25)26)20(34)30-18(13-37)21(35)29-12-19(33)31(8-9-32)22(36)17-10-14-4-1-2-5-15(14)11-28-17/h1-2,4-5,9,16-18,28,37H,3,6-8,10-13,24H2,(H,29,35)(H,30,34)(H4,25,26,27)/t16-,17?,18-/m0/s1. The molecule has 1 aliphatic rings. The van der Waals surface area contributed by atoms with Gasteiger partial charge < -0.3 is 37.9 Å². The van der Waals surface area contributed by atoms with Gasteiger partial charge in [-0.3, -0.25) is 29.1 Å². The smallest absolute Gasteiger partial charge is 0.249 e. The van der Waals surface area contributed by atoms with Crippen molar-refractivity contribution in [3.8, 4) is 0 Å². The number of carbonyl (C=O) groups is 5. The van der Waals surface area contributed by atoms with Crippen LogP contribution in [0.4, 0.5) is 0 Å². The maximum Gasteiger partial charge on any atom is 0.249 e. The molecule has 0 aliphatic carbocycles. The SMILES string of the molecule is NC(N)=NCCC[C@H](N)C(=O)N[C@@H](CS)C(=O)NCC(=O)N(CC=O)C(=O)C1Cc2ccccc2CN1. The number of hydrogen-bond acceptors (Lipinski definition) is 9. The molecule has 1 heterocycles. The number of fused-ring (bicyclic) bond motifs is 1. The highest BCUT2D eigenvalue weighted by Gasteiger charge is 2.31. The lowest BCUT2D eigenvalue weighted by Gasteiger charge is -2.29.